The summed E-state index contributed by atoms with van der Waals surface area (Å²) in [6, 6.07) is 11.7. The molecular formula is C23H21F2N5O3. The number of benzene rings is 2. The van der Waals surface area contributed by atoms with Gasteiger partial charge in [-0.15, -0.1) is 5.10 Å². The average molecular weight is 453 g/mol. The summed E-state index contributed by atoms with van der Waals surface area (Å²) in [5.74, 6) is -1.31. The third-order valence-electron chi connectivity index (χ3n) is 5.97. The molecule has 10 heteroatoms. The van der Waals surface area contributed by atoms with Gasteiger partial charge in [0.2, 0.25) is 0 Å². The van der Waals surface area contributed by atoms with Gasteiger partial charge >= 0.3 is 0 Å². The van der Waals surface area contributed by atoms with E-state index in [0.717, 1.165) is 5.56 Å². The molecule has 0 saturated carbocycles. The molecule has 0 N–H and O–H groups in total. The van der Waals surface area contributed by atoms with E-state index in [1.165, 1.54) is 30.3 Å². The molecule has 0 aliphatic carbocycles. The van der Waals surface area contributed by atoms with Crippen LogP contribution in [0.4, 0.5) is 8.78 Å². The molecule has 8 nitrogen and oxygen atoms in total. The highest BCUT2D eigenvalue weighted by molar-refractivity contribution is 5.95. The largest absolute Gasteiger partial charge is 0.365 e. The maximum Gasteiger partial charge on any atom is 0.276 e. The molecule has 2 aliphatic heterocycles. The van der Waals surface area contributed by atoms with Crippen LogP contribution in [-0.2, 0) is 17.9 Å². The van der Waals surface area contributed by atoms with E-state index in [0.29, 0.717) is 38.4 Å². The molecule has 0 spiro atoms. The first kappa shape index (κ1) is 21.2. The van der Waals surface area contributed by atoms with Crippen molar-refractivity contribution in [2.45, 2.75) is 19.3 Å². The van der Waals surface area contributed by atoms with Crippen molar-refractivity contribution in [3.8, 4) is 0 Å². The highest BCUT2D eigenvalue weighted by Crippen LogP contribution is 2.27. The van der Waals surface area contributed by atoms with Gasteiger partial charge in [-0.25, -0.2) is 13.5 Å². The Hall–Kier alpha value is -3.66. The van der Waals surface area contributed by atoms with E-state index in [4.69, 9.17) is 4.74 Å². The maximum absolute atomic E-state index is 13.4. The Bertz CT molecular complexity index is 1190. The van der Waals surface area contributed by atoms with Crippen LogP contribution in [0.5, 0.6) is 0 Å². The van der Waals surface area contributed by atoms with Crippen molar-refractivity contribution in [3.05, 3.63) is 82.7 Å². The number of amides is 2. The number of aromatic nitrogens is 3. The number of carbonyl (C=O) groups is 2. The van der Waals surface area contributed by atoms with Gasteiger partial charge < -0.3 is 14.5 Å². The van der Waals surface area contributed by atoms with Gasteiger partial charge in [-0.1, -0.05) is 23.4 Å². The van der Waals surface area contributed by atoms with Crippen molar-refractivity contribution in [1.82, 2.24) is 24.8 Å². The Kier molecular flexibility index (Phi) is 5.59. The van der Waals surface area contributed by atoms with Gasteiger partial charge in [0.1, 0.15) is 17.7 Å². The molecule has 0 unspecified atom stereocenters. The minimum absolute atomic E-state index is 0.161. The molecule has 0 bridgehead atoms. The second-order valence-electron chi connectivity index (χ2n) is 8.01. The Morgan fingerprint density at radius 3 is 2.30 bits per heavy atom. The lowest BCUT2D eigenvalue weighted by molar-refractivity contribution is -0.00206. The van der Waals surface area contributed by atoms with E-state index in [2.05, 4.69) is 10.3 Å². The number of rotatable bonds is 3. The highest BCUT2D eigenvalue weighted by Gasteiger charge is 2.32. The van der Waals surface area contributed by atoms with Gasteiger partial charge in [0.25, 0.3) is 11.8 Å². The molecule has 1 fully saturated rings. The van der Waals surface area contributed by atoms with Gasteiger partial charge in [0.05, 0.1) is 18.8 Å². The fraction of sp³-hybridized carbons (Fsp3) is 0.304. The Balaban J connectivity index is 1.23. The van der Waals surface area contributed by atoms with Gasteiger partial charge in [0.15, 0.2) is 5.69 Å². The van der Waals surface area contributed by atoms with E-state index in [1.54, 1.807) is 32.7 Å². The summed E-state index contributed by atoms with van der Waals surface area (Å²) in [5.41, 5.74) is 1.94. The quantitative estimate of drug-likeness (QED) is 0.609. The van der Waals surface area contributed by atoms with Crippen LogP contribution >= 0.6 is 0 Å². The third kappa shape index (κ3) is 4.21. The predicted molar refractivity (Wildman–Crippen MR) is 112 cm³/mol. The maximum atomic E-state index is 13.4. The third-order valence-corrected chi connectivity index (χ3v) is 5.97. The van der Waals surface area contributed by atoms with E-state index >= 15 is 0 Å². The summed E-state index contributed by atoms with van der Waals surface area (Å²) in [6.45, 7) is 1.89. The first-order valence-electron chi connectivity index (χ1n) is 10.6. The van der Waals surface area contributed by atoms with E-state index in [9.17, 15) is 18.4 Å². The van der Waals surface area contributed by atoms with E-state index in [-0.39, 0.29) is 41.6 Å². The average Bonchev–Trinajstić information content (AvgIpc) is 3.27. The number of nitrogens with zero attached hydrogens (tertiary/aromatic N) is 5. The molecular weight excluding hydrogens is 432 g/mol. The number of fused-ring (bicyclic) bond motifs is 1. The van der Waals surface area contributed by atoms with E-state index in [1.807, 2.05) is 0 Å². The van der Waals surface area contributed by atoms with Crippen LogP contribution in [0.2, 0.25) is 0 Å². The van der Waals surface area contributed by atoms with Crippen molar-refractivity contribution in [3.63, 3.8) is 0 Å². The summed E-state index contributed by atoms with van der Waals surface area (Å²) in [6.07, 6.45) is -0.305. The van der Waals surface area contributed by atoms with Crippen LogP contribution in [0.1, 0.15) is 38.2 Å². The summed E-state index contributed by atoms with van der Waals surface area (Å²) in [5, 5.41) is 8.21. The van der Waals surface area contributed by atoms with Crippen LogP contribution in [0.3, 0.4) is 0 Å². The molecule has 2 aromatic carbocycles. The zero-order chi connectivity index (χ0) is 22.9. The molecule has 1 aromatic heterocycles. The highest BCUT2D eigenvalue weighted by atomic mass is 19.1. The van der Waals surface area contributed by atoms with Crippen molar-refractivity contribution >= 4 is 11.8 Å². The molecule has 170 valence electrons. The smallest absolute Gasteiger partial charge is 0.276 e. The Labute approximate surface area is 188 Å². The van der Waals surface area contributed by atoms with Crippen LogP contribution in [0, 0.1) is 11.6 Å². The van der Waals surface area contributed by atoms with Crippen LogP contribution in [-0.4, -0.2) is 62.8 Å². The van der Waals surface area contributed by atoms with Crippen molar-refractivity contribution in [2.24, 2.45) is 0 Å². The molecule has 1 atom stereocenters. The van der Waals surface area contributed by atoms with Crippen LogP contribution in [0.25, 0.3) is 0 Å². The molecule has 0 radical (unpaired) electrons. The normalized spacial score (nSPS) is 18.2. The van der Waals surface area contributed by atoms with Gasteiger partial charge in [-0.2, -0.15) is 0 Å². The molecule has 1 saturated heterocycles. The van der Waals surface area contributed by atoms with E-state index < -0.39 is 5.82 Å². The molecule has 2 amide bonds. The fourth-order valence-corrected chi connectivity index (χ4v) is 4.12. The number of piperazine rings is 1. The second kappa shape index (κ2) is 8.70. The first-order chi connectivity index (χ1) is 16.0. The minimum atomic E-state index is -0.462. The number of ether oxygens (including phenoxy) is 1. The second-order valence-corrected chi connectivity index (χ2v) is 8.01. The minimum Gasteiger partial charge on any atom is -0.365 e. The molecule has 33 heavy (non-hydrogen) atoms. The lowest BCUT2D eigenvalue weighted by Gasteiger charge is -2.34. The Morgan fingerprint density at radius 1 is 0.909 bits per heavy atom. The topological polar surface area (TPSA) is 80.6 Å². The SMILES string of the molecule is O=C(c1cccc(F)c1)N1CCN(C(=O)c2nnn3c2CO[C@H](c2ccc(F)cc2)C3)CC1. The predicted octanol–water partition coefficient (Wildman–Crippen LogP) is 2.43. The van der Waals surface area contributed by atoms with Crippen molar-refractivity contribution in [1.29, 1.82) is 0 Å². The Morgan fingerprint density at radius 2 is 1.61 bits per heavy atom. The van der Waals surface area contributed by atoms with Crippen molar-refractivity contribution in [2.75, 3.05) is 26.2 Å². The summed E-state index contributed by atoms with van der Waals surface area (Å²) < 4.78 is 34.2. The summed E-state index contributed by atoms with van der Waals surface area (Å²) in [4.78, 5) is 28.9. The monoisotopic (exact) mass is 453 g/mol. The first-order valence-corrected chi connectivity index (χ1v) is 10.6. The molecule has 5 rings (SSSR count). The molecule has 2 aliphatic rings. The number of hydrogen-bond donors (Lipinski definition) is 0. The van der Waals surface area contributed by atoms with Gasteiger partial charge in [0, 0.05) is 31.7 Å². The lowest BCUT2D eigenvalue weighted by Crippen LogP contribution is -2.50. The number of halogens is 2. The molecule has 3 aromatic rings. The standard InChI is InChI=1S/C23H21F2N5O3/c24-17-6-4-15(5-7-17)20-13-30-19(14-33-20)21(26-27-30)23(32)29-10-8-28(9-11-29)22(31)16-2-1-3-18(25)12-16/h1-7,12,20H,8-11,13-14H2/t20-/m0/s1. The van der Waals surface area contributed by atoms with Crippen molar-refractivity contribution < 1.29 is 23.1 Å². The van der Waals surface area contributed by atoms with Crippen LogP contribution < -0.4 is 0 Å². The lowest BCUT2D eigenvalue weighted by atomic mass is 10.1. The number of hydrogen-bond acceptors (Lipinski definition) is 5. The fourth-order valence-electron chi connectivity index (χ4n) is 4.12. The molecule has 3 heterocycles. The van der Waals surface area contributed by atoms with Gasteiger partial charge in [-0.05, 0) is 35.9 Å². The zero-order valence-corrected chi connectivity index (χ0v) is 17.7. The number of carbonyl (C=O) groups excluding carboxylic acids is 2. The van der Waals surface area contributed by atoms with Crippen LogP contribution in [0.15, 0.2) is 48.5 Å². The summed E-state index contributed by atoms with van der Waals surface area (Å²) in [7, 11) is 0. The van der Waals surface area contributed by atoms with Gasteiger partial charge in [-0.3, -0.25) is 9.59 Å². The zero-order valence-electron chi connectivity index (χ0n) is 17.7. The summed E-state index contributed by atoms with van der Waals surface area (Å²) >= 11 is 0.